The van der Waals surface area contributed by atoms with Crippen LogP contribution in [0.1, 0.15) is 22.3 Å². The van der Waals surface area contributed by atoms with Gasteiger partial charge in [0.2, 0.25) is 5.91 Å². The molecule has 5 heteroatoms. The molecular formula is C17H16N2O3. The molecule has 0 N–H and O–H groups in total. The Morgan fingerprint density at radius 3 is 2.86 bits per heavy atom. The highest BCUT2D eigenvalue weighted by Crippen LogP contribution is 2.27. The smallest absolute Gasteiger partial charge is 0.339 e. The second-order valence-electron chi connectivity index (χ2n) is 5.05. The number of hydrogen-bond donors (Lipinski definition) is 0. The van der Waals surface area contributed by atoms with Crippen molar-refractivity contribution in [3.05, 3.63) is 59.9 Å². The van der Waals surface area contributed by atoms with Crippen LogP contribution in [0.15, 0.2) is 48.8 Å². The number of para-hydroxylation sites is 1. The number of fused-ring (bicyclic) bond motifs is 1. The topological polar surface area (TPSA) is 59.5 Å². The maximum Gasteiger partial charge on any atom is 0.339 e. The van der Waals surface area contributed by atoms with Crippen molar-refractivity contribution >= 4 is 17.6 Å². The first kappa shape index (κ1) is 14.3. The van der Waals surface area contributed by atoms with E-state index in [0.717, 1.165) is 12.1 Å². The van der Waals surface area contributed by atoms with Gasteiger partial charge in [-0.3, -0.25) is 9.78 Å². The second kappa shape index (κ2) is 6.39. The van der Waals surface area contributed by atoms with Crippen molar-refractivity contribution in [1.29, 1.82) is 0 Å². The number of hydrogen-bond acceptors (Lipinski definition) is 4. The Bertz CT molecular complexity index is 685. The molecule has 0 aliphatic carbocycles. The van der Waals surface area contributed by atoms with E-state index in [0.29, 0.717) is 12.1 Å². The van der Waals surface area contributed by atoms with Crippen LogP contribution in [-0.4, -0.2) is 30.0 Å². The molecule has 0 atom stereocenters. The first-order chi connectivity index (χ1) is 10.8. The highest BCUT2D eigenvalue weighted by molar-refractivity contribution is 5.95. The molecule has 1 aromatic heterocycles. The van der Waals surface area contributed by atoms with Gasteiger partial charge in [-0.1, -0.05) is 18.2 Å². The summed E-state index contributed by atoms with van der Waals surface area (Å²) in [5.74, 6) is -0.480. The summed E-state index contributed by atoms with van der Waals surface area (Å²) < 4.78 is 5.12. The summed E-state index contributed by atoms with van der Waals surface area (Å²) in [6.07, 6.45) is 4.09. The summed E-state index contributed by atoms with van der Waals surface area (Å²) in [6.45, 7) is 0.764. The Morgan fingerprint density at radius 1 is 1.18 bits per heavy atom. The van der Waals surface area contributed by atoms with Gasteiger partial charge in [0.05, 0.1) is 12.0 Å². The third-order valence-electron chi connectivity index (χ3n) is 3.63. The van der Waals surface area contributed by atoms with Crippen LogP contribution < -0.4 is 4.90 Å². The normalized spacial score (nSPS) is 12.8. The van der Waals surface area contributed by atoms with Crippen LogP contribution in [0.3, 0.4) is 0 Å². The lowest BCUT2D eigenvalue weighted by Crippen LogP contribution is -2.29. The first-order valence-corrected chi connectivity index (χ1v) is 7.21. The van der Waals surface area contributed by atoms with E-state index >= 15 is 0 Å². The van der Waals surface area contributed by atoms with Gasteiger partial charge in [0.15, 0.2) is 0 Å². The van der Waals surface area contributed by atoms with Crippen molar-refractivity contribution in [3.8, 4) is 0 Å². The third-order valence-corrected chi connectivity index (χ3v) is 3.63. The summed E-state index contributed by atoms with van der Waals surface area (Å²) in [5, 5.41) is 0. The van der Waals surface area contributed by atoms with E-state index in [1.165, 1.54) is 11.8 Å². The van der Waals surface area contributed by atoms with Crippen molar-refractivity contribution in [3.63, 3.8) is 0 Å². The van der Waals surface area contributed by atoms with Gasteiger partial charge >= 0.3 is 5.97 Å². The number of anilines is 1. The maximum absolute atomic E-state index is 12.2. The minimum absolute atomic E-state index is 0.0241. The molecule has 5 nitrogen and oxygen atoms in total. The van der Waals surface area contributed by atoms with Crippen LogP contribution in [-0.2, 0) is 16.0 Å². The molecule has 0 radical (unpaired) electrons. The molecule has 2 aromatic rings. The first-order valence-electron chi connectivity index (χ1n) is 7.21. The molecule has 1 aromatic carbocycles. The van der Waals surface area contributed by atoms with Gasteiger partial charge in [0.1, 0.15) is 6.61 Å². The van der Waals surface area contributed by atoms with E-state index in [-0.39, 0.29) is 18.9 Å². The summed E-state index contributed by atoms with van der Waals surface area (Å²) in [5.41, 5.74) is 2.54. The summed E-state index contributed by atoms with van der Waals surface area (Å²) in [4.78, 5) is 29.6. The minimum Gasteiger partial charge on any atom is -0.462 e. The predicted molar refractivity (Wildman–Crippen MR) is 81.6 cm³/mol. The third kappa shape index (κ3) is 2.98. The Morgan fingerprint density at radius 2 is 2.05 bits per heavy atom. The van der Waals surface area contributed by atoms with Crippen molar-refractivity contribution in [2.75, 3.05) is 18.1 Å². The van der Waals surface area contributed by atoms with Crippen LogP contribution in [0.2, 0.25) is 0 Å². The van der Waals surface area contributed by atoms with Crippen molar-refractivity contribution in [2.24, 2.45) is 0 Å². The molecule has 0 spiro atoms. The number of pyridine rings is 1. The van der Waals surface area contributed by atoms with E-state index in [4.69, 9.17) is 4.74 Å². The maximum atomic E-state index is 12.2. The minimum atomic E-state index is -0.456. The van der Waals surface area contributed by atoms with E-state index in [2.05, 4.69) is 4.98 Å². The molecule has 0 saturated carbocycles. The van der Waals surface area contributed by atoms with E-state index in [1.807, 2.05) is 24.3 Å². The molecule has 1 aliphatic rings. The molecule has 22 heavy (non-hydrogen) atoms. The fraction of sp³-hybridized carbons (Fsp3) is 0.235. The van der Waals surface area contributed by atoms with Crippen LogP contribution in [0.5, 0.6) is 0 Å². The second-order valence-corrected chi connectivity index (χ2v) is 5.05. The van der Waals surface area contributed by atoms with Crippen LogP contribution >= 0.6 is 0 Å². The monoisotopic (exact) mass is 296 g/mol. The number of amides is 1. The van der Waals surface area contributed by atoms with Gasteiger partial charge in [0, 0.05) is 24.6 Å². The van der Waals surface area contributed by atoms with Crippen LogP contribution in [0, 0.1) is 0 Å². The number of nitrogens with zero attached hydrogens (tertiary/aromatic N) is 2. The largest absolute Gasteiger partial charge is 0.462 e. The fourth-order valence-corrected chi connectivity index (χ4v) is 2.53. The molecule has 1 aliphatic heterocycles. The fourth-order valence-electron chi connectivity index (χ4n) is 2.53. The summed E-state index contributed by atoms with van der Waals surface area (Å²) in [6, 6.07) is 11.2. The zero-order valence-corrected chi connectivity index (χ0v) is 12.1. The van der Waals surface area contributed by atoms with E-state index in [9.17, 15) is 9.59 Å². The van der Waals surface area contributed by atoms with Crippen LogP contribution in [0.4, 0.5) is 5.69 Å². The molecule has 2 heterocycles. The molecular weight excluding hydrogens is 280 g/mol. The van der Waals surface area contributed by atoms with Crippen LogP contribution in [0.25, 0.3) is 0 Å². The van der Waals surface area contributed by atoms with Gasteiger partial charge in [-0.2, -0.15) is 0 Å². The Labute approximate surface area is 128 Å². The van der Waals surface area contributed by atoms with Gasteiger partial charge < -0.3 is 9.64 Å². The number of esters is 1. The summed E-state index contributed by atoms with van der Waals surface area (Å²) >= 11 is 0. The molecule has 0 saturated heterocycles. The number of aromatic nitrogens is 1. The van der Waals surface area contributed by atoms with Crippen molar-refractivity contribution < 1.29 is 14.3 Å². The molecule has 1 amide bonds. The van der Waals surface area contributed by atoms with Crippen molar-refractivity contribution in [1.82, 2.24) is 4.98 Å². The van der Waals surface area contributed by atoms with Crippen molar-refractivity contribution in [2.45, 2.75) is 12.8 Å². The van der Waals surface area contributed by atoms with E-state index < -0.39 is 5.97 Å². The number of rotatable bonds is 4. The quantitative estimate of drug-likeness (QED) is 0.812. The summed E-state index contributed by atoms with van der Waals surface area (Å²) in [7, 11) is 0. The van der Waals surface area contributed by atoms with E-state index in [1.54, 1.807) is 23.2 Å². The SMILES string of the molecule is O=C(OCCC(=O)N1CCc2ccccc21)c1cccnc1. The highest BCUT2D eigenvalue weighted by atomic mass is 16.5. The molecule has 0 unspecified atom stereocenters. The number of ether oxygens (including phenoxy) is 1. The highest BCUT2D eigenvalue weighted by Gasteiger charge is 2.23. The molecule has 112 valence electrons. The van der Waals surface area contributed by atoms with Gasteiger partial charge in [-0.05, 0) is 30.2 Å². The molecule has 0 fully saturated rings. The Hall–Kier alpha value is -2.69. The lowest BCUT2D eigenvalue weighted by molar-refractivity contribution is -0.119. The molecule has 3 rings (SSSR count). The average Bonchev–Trinajstić information content (AvgIpc) is 2.99. The predicted octanol–water partition coefficient (Wildman–Crippen LogP) is 2.22. The van der Waals surface area contributed by atoms with Gasteiger partial charge in [-0.25, -0.2) is 4.79 Å². The lowest BCUT2D eigenvalue weighted by atomic mass is 10.2. The lowest BCUT2D eigenvalue weighted by Gasteiger charge is -2.17. The number of benzene rings is 1. The van der Waals surface area contributed by atoms with Gasteiger partial charge in [-0.15, -0.1) is 0 Å². The number of carbonyl (C=O) groups excluding carboxylic acids is 2. The molecule has 0 bridgehead atoms. The Balaban J connectivity index is 1.53. The zero-order valence-electron chi connectivity index (χ0n) is 12.1. The number of carbonyl (C=O) groups is 2. The standard InChI is InChI=1S/C17H16N2O3/c20-16(19-10-7-13-4-1-2-6-15(13)19)8-11-22-17(21)14-5-3-9-18-12-14/h1-6,9,12H,7-8,10-11H2. The Kier molecular flexibility index (Phi) is 4.14. The zero-order chi connectivity index (χ0) is 15.4. The van der Waals surface area contributed by atoms with Gasteiger partial charge in [0.25, 0.3) is 0 Å². The average molecular weight is 296 g/mol.